The van der Waals surface area contributed by atoms with Crippen molar-refractivity contribution in [3.8, 4) is 0 Å². The van der Waals surface area contributed by atoms with Crippen molar-refractivity contribution >= 4 is 5.69 Å². The van der Waals surface area contributed by atoms with Crippen LogP contribution in [0.25, 0.3) is 0 Å². The lowest BCUT2D eigenvalue weighted by molar-refractivity contribution is 0.608. The van der Waals surface area contributed by atoms with E-state index in [4.69, 9.17) is 5.73 Å². The van der Waals surface area contributed by atoms with Crippen LogP contribution in [0.1, 0.15) is 11.3 Å². The van der Waals surface area contributed by atoms with Crippen LogP contribution in [0.4, 0.5) is 10.1 Å². The van der Waals surface area contributed by atoms with Gasteiger partial charge in [-0.2, -0.15) is 0 Å². The number of halogens is 1. The van der Waals surface area contributed by atoms with Crippen molar-refractivity contribution in [2.45, 2.75) is 13.1 Å². The maximum atomic E-state index is 13.6. The van der Waals surface area contributed by atoms with E-state index in [9.17, 15) is 4.39 Å². The number of nitrogens with two attached hydrogens (primary N) is 1. The van der Waals surface area contributed by atoms with Crippen LogP contribution in [0.2, 0.25) is 0 Å². The normalized spacial score (nSPS) is 10.4. The molecule has 2 aromatic rings. The molecule has 0 saturated carbocycles. The molecule has 0 spiro atoms. The number of hydrogen-bond donors (Lipinski definition) is 1. The zero-order valence-electron chi connectivity index (χ0n) is 10.3. The van der Waals surface area contributed by atoms with Gasteiger partial charge < -0.3 is 10.6 Å². The summed E-state index contributed by atoms with van der Waals surface area (Å²) in [4.78, 5) is 6.11. The second-order valence-corrected chi connectivity index (χ2v) is 4.16. The predicted molar refractivity (Wildman–Crippen MR) is 70.6 cm³/mol. The fraction of sp³-hybridized carbons (Fsp3) is 0.214. The molecule has 2 N–H and O–H groups in total. The Hall–Kier alpha value is -1.94. The molecule has 94 valence electrons. The molecule has 0 radical (unpaired) electrons. The summed E-state index contributed by atoms with van der Waals surface area (Å²) in [5.41, 5.74) is 8.03. The van der Waals surface area contributed by atoms with Gasteiger partial charge in [0.15, 0.2) is 0 Å². The number of hydrogen-bond acceptors (Lipinski definition) is 3. The minimum Gasteiger partial charge on any atom is -0.370 e. The number of aromatic nitrogens is 1. The Balaban J connectivity index is 2.16. The molecule has 0 bridgehead atoms. The summed E-state index contributed by atoms with van der Waals surface area (Å²) >= 11 is 0. The largest absolute Gasteiger partial charge is 0.370 e. The molecular weight excluding hydrogens is 229 g/mol. The summed E-state index contributed by atoms with van der Waals surface area (Å²) < 4.78 is 13.6. The van der Waals surface area contributed by atoms with Crippen LogP contribution in [0, 0.1) is 5.82 Å². The van der Waals surface area contributed by atoms with E-state index < -0.39 is 0 Å². The molecule has 1 aromatic carbocycles. The second-order valence-electron chi connectivity index (χ2n) is 4.16. The van der Waals surface area contributed by atoms with Gasteiger partial charge in [0.2, 0.25) is 0 Å². The molecule has 0 aliphatic rings. The van der Waals surface area contributed by atoms with E-state index >= 15 is 0 Å². The van der Waals surface area contributed by atoms with Crippen LogP contribution in [-0.2, 0) is 13.1 Å². The van der Waals surface area contributed by atoms with E-state index in [1.54, 1.807) is 18.3 Å². The first-order chi connectivity index (χ1) is 8.70. The zero-order chi connectivity index (χ0) is 13.0. The van der Waals surface area contributed by atoms with Crippen LogP contribution in [-0.4, -0.2) is 12.0 Å². The van der Waals surface area contributed by atoms with Crippen LogP contribution in [0.15, 0.2) is 42.6 Å². The Labute approximate surface area is 106 Å². The Bertz CT molecular complexity index is 528. The SMILES string of the molecule is CN(Cc1ccccc1F)c1ccnc(CN)c1. The highest BCUT2D eigenvalue weighted by Crippen LogP contribution is 2.17. The summed E-state index contributed by atoms with van der Waals surface area (Å²) in [7, 11) is 1.92. The first kappa shape index (κ1) is 12.5. The van der Waals surface area contributed by atoms with Crippen molar-refractivity contribution in [1.82, 2.24) is 4.98 Å². The maximum Gasteiger partial charge on any atom is 0.128 e. The molecule has 1 heterocycles. The lowest BCUT2D eigenvalue weighted by Gasteiger charge is -2.20. The fourth-order valence-corrected chi connectivity index (χ4v) is 1.79. The van der Waals surface area contributed by atoms with Gasteiger partial charge in [0.1, 0.15) is 5.82 Å². The number of benzene rings is 1. The van der Waals surface area contributed by atoms with Gasteiger partial charge in [0.05, 0.1) is 5.69 Å². The lowest BCUT2D eigenvalue weighted by atomic mass is 10.2. The second kappa shape index (κ2) is 5.60. The van der Waals surface area contributed by atoms with Crippen molar-refractivity contribution in [2.75, 3.05) is 11.9 Å². The van der Waals surface area contributed by atoms with Crippen molar-refractivity contribution in [3.05, 3.63) is 59.7 Å². The standard InChI is InChI=1S/C14H16FN3/c1-18(10-11-4-2-3-5-14(11)15)13-6-7-17-12(8-13)9-16/h2-8H,9-10,16H2,1H3. The topological polar surface area (TPSA) is 42.2 Å². The third-order valence-electron chi connectivity index (χ3n) is 2.82. The Morgan fingerprint density at radius 1 is 1.28 bits per heavy atom. The summed E-state index contributed by atoms with van der Waals surface area (Å²) in [5.74, 6) is -0.183. The van der Waals surface area contributed by atoms with E-state index in [0.717, 1.165) is 11.4 Å². The predicted octanol–water partition coefficient (Wildman–Crippen LogP) is 2.32. The van der Waals surface area contributed by atoms with Gasteiger partial charge in [-0.15, -0.1) is 0 Å². The molecule has 0 fully saturated rings. The average molecular weight is 245 g/mol. The van der Waals surface area contributed by atoms with Gasteiger partial charge in [-0.25, -0.2) is 4.39 Å². The fourth-order valence-electron chi connectivity index (χ4n) is 1.79. The molecule has 0 saturated heterocycles. The molecule has 0 aliphatic heterocycles. The molecule has 0 amide bonds. The van der Waals surface area contributed by atoms with Crippen LogP contribution < -0.4 is 10.6 Å². The van der Waals surface area contributed by atoms with Crippen LogP contribution in [0.3, 0.4) is 0 Å². The molecule has 0 unspecified atom stereocenters. The number of pyridine rings is 1. The molecule has 18 heavy (non-hydrogen) atoms. The van der Waals surface area contributed by atoms with E-state index in [2.05, 4.69) is 4.98 Å². The van der Waals surface area contributed by atoms with E-state index in [1.807, 2.05) is 30.1 Å². The number of anilines is 1. The van der Waals surface area contributed by atoms with Crippen molar-refractivity contribution in [1.29, 1.82) is 0 Å². The molecule has 4 heteroatoms. The van der Waals surface area contributed by atoms with E-state index in [1.165, 1.54) is 6.07 Å². The quantitative estimate of drug-likeness (QED) is 0.898. The Kier molecular flexibility index (Phi) is 3.89. The van der Waals surface area contributed by atoms with Gasteiger partial charge in [-0.05, 0) is 18.2 Å². The lowest BCUT2D eigenvalue weighted by Crippen LogP contribution is -2.17. The van der Waals surface area contributed by atoms with Gasteiger partial charge >= 0.3 is 0 Å². The van der Waals surface area contributed by atoms with Crippen molar-refractivity contribution in [2.24, 2.45) is 5.73 Å². The first-order valence-corrected chi connectivity index (χ1v) is 5.80. The van der Waals surface area contributed by atoms with E-state index in [-0.39, 0.29) is 5.82 Å². The van der Waals surface area contributed by atoms with E-state index in [0.29, 0.717) is 18.7 Å². The van der Waals surface area contributed by atoms with Gasteiger partial charge in [0.25, 0.3) is 0 Å². The zero-order valence-corrected chi connectivity index (χ0v) is 10.3. The maximum absolute atomic E-state index is 13.6. The third-order valence-corrected chi connectivity index (χ3v) is 2.82. The highest BCUT2D eigenvalue weighted by Gasteiger charge is 2.06. The van der Waals surface area contributed by atoms with Crippen molar-refractivity contribution < 1.29 is 4.39 Å². The van der Waals surface area contributed by atoms with Crippen molar-refractivity contribution in [3.63, 3.8) is 0 Å². The monoisotopic (exact) mass is 245 g/mol. The smallest absolute Gasteiger partial charge is 0.128 e. The van der Waals surface area contributed by atoms with Gasteiger partial charge in [-0.3, -0.25) is 4.98 Å². The third kappa shape index (κ3) is 2.84. The summed E-state index contributed by atoms with van der Waals surface area (Å²) in [6.07, 6.45) is 1.72. The minimum atomic E-state index is -0.183. The molecule has 0 atom stereocenters. The highest BCUT2D eigenvalue weighted by molar-refractivity contribution is 5.46. The Morgan fingerprint density at radius 3 is 2.78 bits per heavy atom. The molecule has 0 aliphatic carbocycles. The summed E-state index contributed by atoms with van der Waals surface area (Å²) in [5, 5.41) is 0. The van der Waals surface area contributed by atoms with Gasteiger partial charge in [-0.1, -0.05) is 18.2 Å². The Morgan fingerprint density at radius 2 is 2.06 bits per heavy atom. The molecular formula is C14H16FN3. The first-order valence-electron chi connectivity index (χ1n) is 5.80. The number of nitrogens with zero attached hydrogens (tertiary/aromatic N) is 2. The van der Waals surface area contributed by atoms with Crippen LogP contribution >= 0.6 is 0 Å². The minimum absolute atomic E-state index is 0.183. The molecule has 3 nitrogen and oxygen atoms in total. The number of rotatable bonds is 4. The summed E-state index contributed by atoms with van der Waals surface area (Å²) in [6.45, 7) is 0.919. The molecule has 2 rings (SSSR count). The average Bonchev–Trinajstić information content (AvgIpc) is 2.41. The van der Waals surface area contributed by atoms with Gasteiger partial charge in [0, 0.05) is 37.6 Å². The van der Waals surface area contributed by atoms with Crippen LogP contribution in [0.5, 0.6) is 0 Å². The highest BCUT2D eigenvalue weighted by atomic mass is 19.1. The summed E-state index contributed by atoms with van der Waals surface area (Å²) in [6, 6.07) is 10.6. The molecule has 1 aromatic heterocycles.